The monoisotopic (exact) mass is 255 g/mol. The third-order valence-corrected chi connectivity index (χ3v) is 4.37. The predicted octanol–water partition coefficient (Wildman–Crippen LogP) is 2.57. The predicted molar refractivity (Wildman–Crippen MR) is 73.7 cm³/mol. The molecule has 2 aliphatic heterocycles. The molecule has 0 aromatic rings. The number of hydrogen-bond donors (Lipinski definition) is 1. The lowest BCUT2D eigenvalue weighted by Crippen LogP contribution is -2.38. The van der Waals surface area contributed by atoms with E-state index in [9.17, 15) is 5.11 Å². The maximum atomic E-state index is 9.64. The highest BCUT2D eigenvalue weighted by Gasteiger charge is 2.24. The van der Waals surface area contributed by atoms with Crippen LogP contribution in [0.15, 0.2) is 0 Å². The zero-order valence-corrected chi connectivity index (χ0v) is 11.8. The van der Waals surface area contributed by atoms with Crippen molar-refractivity contribution in [2.24, 2.45) is 0 Å². The summed E-state index contributed by atoms with van der Waals surface area (Å²) in [6, 6.07) is 0.592. The standard InChI is InChI=1S/C15H29NO2/c1-13(17)12-14-6-3-2-4-9-16(14)10-8-15-7-5-11-18-15/h13-15,17H,2-12H2,1H3. The number of hydrogen-bond acceptors (Lipinski definition) is 3. The number of aliphatic hydroxyl groups excluding tert-OH is 1. The molecule has 2 fully saturated rings. The summed E-state index contributed by atoms with van der Waals surface area (Å²) in [7, 11) is 0. The summed E-state index contributed by atoms with van der Waals surface area (Å²) in [4.78, 5) is 2.61. The van der Waals surface area contributed by atoms with E-state index in [1.54, 1.807) is 0 Å². The molecule has 2 saturated heterocycles. The van der Waals surface area contributed by atoms with Gasteiger partial charge in [-0.3, -0.25) is 0 Å². The quantitative estimate of drug-likeness (QED) is 0.819. The summed E-state index contributed by atoms with van der Waals surface area (Å²) in [6.07, 6.45) is 10.2. The van der Waals surface area contributed by atoms with Gasteiger partial charge in [0, 0.05) is 19.2 Å². The van der Waals surface area contributed by atoms with E-state index in [-0.39, 0.29) is 6.10 Å². The van der Waals surface area contributed by atoms with E-state index >= 15 is 0 Å². The lowest BCUT2D eigenvalue weighted by molar-refractivity contribution is 0.0727. The molecule has 3 unspecified atom stereocenters. The van der Waals surface area contributed by atoms with E-state index in [0.717, 1.165) is 19.6 Å². The number of aliphatic hydroxyl groups is 1. The molecule has 3 nitrogen and oxygen atoms in total. The second kappa shape index (κ2) is 7.46. The molecule has 2 aliphatic rings. The minimum absolute atomic E-state index is 0.168. The van der Waals surface area contributed by atoms with Gasteiger partial charge < -0.3 is 14.7 Å². The van der Waals surface area contributed by atoms with Crippen LogP contribution in [0.5, 0.6) is 0 Å². The van der Waals surface area contributed by atoms with Gasteiger partial charge in [0.05, 0.1) is 12.2 Å². The van der Waals surface area contributed by atoms with Crippen LogP contribution in [-0.2, 0) is 4.74 Å². The molecular weight excluding hydrogens is 226 g/mol. The molecule has 1 N–H and O–H groups in total. The Kier molecular flexibility index (Phi) is 5.93. The number of rotatable bonds is 5. The van der Waals surface area contributed by atoms with E-state index < -0.39 is 0 Å². The Morgan fingerprint density at radius 2 is 2.11 bits per heavy atom. The molecule has 3 heteroatoms. The molecule has 0 saturated carbocycles. The Morgan fingerprint density at radius 3 is 2.83 bits per heavy atom. The van der Waals surface area contributed by atoms with Gasteiger partial charge in [0.2, 0.25) is 0 Å². The Hall–Kier alpha value is -0.120. The normalized spacial score (nSPS) is 32.3. The van der Waals surface area contributed by atoms with Crippen LogP contribution in [0.25, 0.3) is 0 Å². The topological polar surface area (TPSA) is 32.7 Å². The summed E-state index contributed by atoms with van der Waals surface area (Å²) in [5, 5.41) is 9.64. The molecule has 3 atom stereocenters. The number of ether oxygens (including phenoxy) is 1. The highest BCUT2D eigenvalue weighted by Crippen LogP contribution is 2.22. The van der Waals surface area contributed by atoms with Gasteiger partial charge in [-0.05, 0) is 52.0 Å². The van der Waals surface area contributed by atoms with Gasteiger partial charge in [0.25, 0.3) is 0 Å². The zero-order valence-electron chi connectivity index (χ0n) is 11.8. The van der Waals surface area contributed by atoms with Crippen molar-refractivity contribution in [3.8, 4) is 0 Å². The Labute approximate surface area is 112 Å². The maximum absolute atomic E-state index is 9.64. The van der Waals surface area contributed by atoms with Crippen molar-refractivity contribution in [2.75, 3.05) is 19.7 Å². The summed E-state index contributed by atoms with van der Waals surface area (Å²) in [5.41, 5.74) is 0. The summed E-state index contributed by atoms with van der Waals surface area (Å²) < 4.78 is 5.72. The van der Waals surface area contributed by atoms with Crippen LogP contribution in [-0.4, -0.2) is 48.0 Å². The average molecular weight is 255 g/mol. The van der Waals surface area contributed by atoms with Crippen molar-refractivity contribution in [2.45, 2.75) is 76.5 Å². The summed E-state index contributed by atoms with van der Waals surface area (Å²) in [5.74, 6) is 0. The van der Waals surface area contributed by atoms with Crippen LogP contribution in [0.4, 0.5) is 0 Å². The third kappa shape index (κ3) is 4.52. The van der Waals surface area contributed by atoms with Gasteiger partial charge in [0.15, 0.2) is 0 Å². The van der Waals surface area contributed by atoms with Crippen molar-refractivity contribution >= 4 is 0 Å². The molecular formula is C15H29NO2. The molecule has 2 heterocycles. The molecule has 0 bridgehead atoms. The van der Waals surface area contributed by atoms with E-state index in [1.807, 2.05) is 6.92 Å². The molecule has 0 aliphatic carbocycles. The first-order valence-corrected chi connectivity index (χ1v) is 7.79. The van der Waals surface area contributed by atoms with Crippen LogP contribution < -0.4 is 0 Å². The van der Waals surface area contributed by atoms with E-state index in [1.165, 1.54) is 51.5 Å². The van der Waals surface area contributed by atoms with Crippen LogP contribution in [0, 0.1) is 0 Å². The van der Waals surface area contributed by atoms with E-state index in [4.69, 9.17) is 4.74 Å². The van der Waals surface area contributed by atoms with Crippen LogP contribution in [0.1, 0.15) is 58.3 Å². The molecule has 0 amide bonds. The highest BCUT2D eigenvalue weighted by molar-refractivity contribution is 4.78. The van der Waals surface area contributed by atoms with Crippen molar-refractivity contribution in [3.05, 3.63) is 0 Å². The van der Waals surface area contributed by atoms with Gasteiger partial charge in [-0.2, -0.15) is 0 Å². The van der Waals surface area contributed by atoms with Crippen molar-refractivity contribution in [3.63, 3.8) is 0 Å². The second-order valence-electron chi connectivity index (χ2n) is 6.05. The van der Waals surface area contributed by atoms with Crippen LogP contribution in [0.2, 0.25) is 0 Å². The second-order valence-corrected chi connectivity index (χ2v) is 6.05. The molecule has 0 aromatic heterocycles. The zero-order chi connectivity index (χ0) is 12.8. The lowest BCUT2D eigenvalue weighted by atomic mass is 10.0. The molecule has 2 rings (SSSR count). The van der Waals surface area contributed by atoms with Crippen molar-refractivity contribution < 1.29 is 9.84 Å². The Bertz CT molecular complexity index is 227. The number of likely N-dealkylation sites (tertiary alicyclic amines) is 1. The van der Waals surface area contributed by atoms with Crippen LogP contribution in [0.3, 0.4) is 0 Å². The molecule has 0 aromatic carbocycles. The van der Waals surface area contributed by atoms with E-state index in [0.29, 0.717) is 12.1 Å². The Morgan fingerprint density at radius 1 is 1.22 bits per heavy atom. The highest BCUT2D eigenvalue weighted by atomic mass is 16.5. The summed E-state index contributed by atoms with van der Waals surface area (Å²) in [6.45, 7) is 5.25. The molecule has 0 radical (unpaired) electrons. The van der Waals surface area contributed by atoms with Crippen LogP contribution >= 0.6 is 0 Å². The first-order chi connectivity index (χ1) is 8.75. The van der Waals surface area contributed by atoms with Gasteiger partial charge >= 0.3 is 0 Å². The fraction of sp³-hybridized carbons (Fsp3) is 1.00. The lowest BCUT2D eigenvalue weighted by Gasteiger charge is -2.31. The van der Waals surface area contributed by atoms with Gasteiger partial charge in [0.1, 0.15) is 0 Å². The van der Waals surface area contributed by atoms with Gasteiger partial charge in [-0.1, -0.05) is 12.8 Å². The fourth-order valence-electron chi connectivity index (χ4n) is 3.37. The van der Waals surface area contributed by atoms with Crippen molar-refractivity contribution in [1.82, 2.24) is 4.90 Å². The minimum Gasteiger partial charge on any atom is -0.393 e. The summed E-state index contributed by atoms with van der Waals surface area (Å²) >= 11 is 0. The maximum Gasteiger partial charge on any atom is 0.0588 e. The molecule has 0 spiro atoms. The fourth-order valence-corrected chi connectivity index (χ4v) is 3.37. The Balaban J connectivity index is 1.80. The van der Waals surface area contributed by atoms with Gasteiger partial charge in [-0.25, -0.2) is 0 Å². The van der Waals surface area contributed by atoms with Gasteiger partial charge in [-0.15, -0.1) is 0 Å². The van der Waals surface area contributed by atoms with Crippen molar-refractivity contribution in [1.29, 1.82) is 0 Å². The third-order valence-electron chi connectivity index (χ3n) is 4.37. The SMILES string of the molecule is CC(O)CC1CCCCCN1CCC1CCCO1. The number of nitrogens with zero attached hydrogens (tertiary/aromatic N) is 1. The smallest absolute Gasteiger partial charge is 0.0588 e. The minimum atomic E-state index is -0.168. The largest absolute Gasteiger partial charge is 0.393 e. The first kappa shape index (κ1) is 14.3. The molecule has 18 heavy (non-hydrogen) atoms. The first-order valence-electron chi connectivity index (χ1n) is 7.79. The molecule has 106 valence electrons. The average Bonchev–Trinajstić information content (AvgIpc) is 2.75. The van der Waals surface area contributed by atoms with E-state index in [2.05, 4.69) is 4.90 Å².